The first-order chi connectivity index (χ1) is 8.90. The largest absolute Gasteiger partial charge is 0.481 e. The molecule has 0 radical (unpaired) electrons. The van der Waals surface area contributed by atoms with Gasteiger partial charge in [0.25, 0.3) is 0 Å². The molecule has 5 heteroatoms. The third-order valence-electron chi connectivity index (χ3n) is 2.94. The second kappa shape index (κ2) is 7.60. The van der Waals surface area contributed by atoms with Gasteiger partial charge in [0.15, 0.2) is 0 Å². The molecule has 0 saturated heterocycles. The molecule has 1 rings (SSSR count). The molecule has 106 valence electrons. The van der Waals surface area contributed by atoms with Crippen LogP contribution in [0.4, 0.5) is 4.39 Å². The summed E-state index contributed by atoms with van der Waals surface area (Å²) in [5, 5.41) is 8.66. The van der Waals surface area contributed by atoms with E-state index in [1.54, 1.807) is 12.1 Å². The molecule has 1 aromatic carbocycles. The Morgan fingerprint density at radius 1 is 1.47 bits per heavy atom. The Labute approximate surface area is 121 Å². The van der Waals surface area contributed by atoms with Gasteiger partial charge in [0.2, 0.25) is 0 Å². The zero-order valence-electron chi connectivity index (χ0n) is 11.2. The molecule has 1 N–H and O–H groups in total. The van der Waals surface area contributed by atoms with Crippen molar-refractivity contribution in [2.45, 2.75) is 39.3 Å². The minimum absolute atomic E-state index is 0.177. The summed E-state index contributed by atoms with van der Waals surface area (Å²) in [6, 6.07) is 5.28. The molecular formula is C14H19BrFNO2. The minimum Gasteiger partial charge on any atom is -0.481 e. The topological polar surface area (TPSA) is 40.5 Å². The Morgan fingerprint density at radius 3 is 2.68 bits per heavy atom. The molecule has 0 bridgehead atoms. The van der Waals surface area contributed by atoms with Gasteiger partial charge in [-0.25, -0.2) is 4.39 Å². The number of carboxylic acid groups (broad SMARTS) is 1. The predicted octanol–water partition coefficient (Wildman–Crippen LogP) is 3.66. The Bertz CT molecular complexity index is 437. The number of rotatable bonds is 7. The monoisotopic (exact) mass is 331 g/mol. The summed E-state index contributed by atoms with van der Waals surface area (Å²) in [7, 11) is 0. The lowest BCUT2D eigenvalue weighted by Crippen LogP contribution is -2.31. The van der Waals surface area contributed by atoms with Crippen molar-refractivity contribution in [1.82, 2.24) is 4.90 Å². The standard InChI is InChI=1S/C14H19BrFNO2/c1-10(2)17(7-3-4-14(18)19)9-11-5-6-13(16)12(15)8-11/h5-6,8,10H,3-4,7,9H2,1-2H3,(H,18,19). The molecule has 3 nitrogen and oxygen atoms in total. The highest BCUT2D eigenvalue weighted by atomic mass is 79.9. The van der Waals surface area contributed by atoms with E-state index >= 15 is 0 Å². The summed E-state index contributed by atoms with van der Waals surface area (Å²) in [6.45, 7) is 5.55. The van der Waals surface area contributed by atoms with Crippen molar-refractivity contribution in [3.8, 4) is 0 Å². The lowest BCUT2D eigenvalue weighted by Gasteiger charge is -2.26. The summed E-state index contributed by atoms with van der Waals surface area (Å²) in [5.41, 5.74) is 1.01. The van der Waals surface area contributed by atoms with E-state index < -0.39 is 5.97 Å². The van der Waals surface area contributed by atoms with Gasteiger partial charge >= 0.3 is 5.97 Å². The Kier molecular flexibility index (Phi) is 6.45. The maximum atomic E-state index is 13.2. The summed E-state index contributed by atoms with van der Waals surface area (Å²) in [6.07, 6.45) is 0.798. The Morgan fingerprint density at radius 2 is 2.16 bits per heavy atom. The fourth-order valence-electron chi connectivity index (χ4n) is 1.83. The predicted molar refractivity (Wildman–Crippen MR) is 76.5 cm³/mol. The van der Waals surface area contributed by atoms with E-state index in [0.717, 1.165) is 12.1 Å². The lowest BCUT2D eigenvalue weighted by atomic mass is 10.1. The van der Waals surface area contributed by atoms with Crippen LogP contribution < -0.4 is 0 Å². The third kappa shape index (κ3) is 5.70. The van der Waals surface area contributed by atoms with Crippen molar-refractivity contribution < 1.29 is 14.3 Å². The van der Waals surface area contributed by atoms with Gasteiger partial charge in [0.1, 0.15) is 5.82 Å². The highest BCUT2D eigenvalue weighted by Gasteiger charge is 2.11. The molecule has 0 saturated carbocycles. The van der Waals surface area contributed by atoms with Crippen LogP contribution in [0.2, 0.25) is 0 Å². The van der Waals surface area contributed by atoms with E-state index in [1.165, 1.54) is 6.07 Å². The van der Waals surface area contributed by atoms with E-state index in [2.05, 4.69) is 34.7 Å². The molecule has 0 atom stereocenters. The molecule has 0 unspecified atom stereocenters. The Balaban J connectivity index is 2.62. The first-order valence-corrected chi connectivity index (χ1v) is 7.09. The minimum atomic E-state index is -0.770. The highest BCUT2D eigenvalue weighted by molar-refractivity contribution is 9.10. The average Bonchev–Trinajstić information content (AvgIpc) is 2.32. The first-order valence-electron chi connectivity index (χ1n) is 6.30. The zero-order chi connectivity index (χ0) is 14.4. The SMILES string of the molecule is CC(C)N(CCCC(=O)O)Cc1ccc(F)c(Br)c1. The molecule has 1 aromatic rings. The van der Waals surface area contributed by atoms with Crippen molar-refractivity contribution in [1.29, 1.82) is 0 Å². The molecule has 0 aliphatic rings. The van der Waals surface area contributed by atoms with Crippen LogP contribution in [0.3, 0.4) is 0 Å². The smallest absolute Gasteiger partial charge is 0.303 e. The number of carbonyl (C=O) groups is 1. The summed E-state index contributed by atoms with van der Waals surface area (Å²) in [4.78, 5) is 12.7. The molecule has 19 heavy (non-hydrogen) atoms. The van der Waals surface area contributed by atoms with Gasteiger partial charge in [0, 0.05) is 19.0 Å². The van der Waals surface area contributed by atoms with Crippen LogP contribution >= 0.6 is 15.9 Å². The van der Waals surface area contributed by atoms with Crippen molar-refractivity contribution in [3.05, 3.63) is 34.1 Å². The van der Waals surface area contributed by atoms with E-state index in [9.17, 15) is 9.18 Å². The van der Waals surface area contributed by atoms with Crippen LogP contribution in [0.25, 0.3) is 0 Å². The zero-order valence-corrected chi connectivity index (χ0v) is 12.8. The molecule has 0 fully saturated rings. The molecule has 0 aliphatic carbocycles. The van der Waals surface area contributed by atoms with Gasteiger partial charge in [-0.2, -0.15) is 0 Å². The van der Waals surface area contributed by atoms with E-state index in [1.807, 2.05) is 0 Å². The third-order valence-corrected chi connectivity index (χ3v) is 3.54. The van der Waals surface area contributed by atoms with Crippen LogP contribution in [0.15, 0.2) is 22.7 Å². The fraction of sp³-hybridized carbons (Fsp3) is 0.500. The van der Waals surface area contributed by atoms with Crippen LogP contribution in [-0.4, -0.2) is 28.6 Å². The highest BCUT2D eigenvalue weighted by Crippen LogP contribution is 2.18. The van der Waals surface area contributed by atoms with Gasteiger partial charge in [-0.1, -0.05) is 6.07 Å². The van der Waals surface area contributed by atoms with Crippen molar-refractivity contribution in [2.24, 2.45) is 0 Å². The number of aliphatic carboxylic acids is 1. The first kappa shape index (κ1) is 16.1. The average molecular weight is 332 g/mol. The molecule has 0 spiro atoms. The van der Waals surface area contributed by atoms with Gasteiger partial charge in [-0.05, 0) is 60.4 Å². The number of halogens is 2. The maximum absolute atomic E-state index is 13.2. The number of benzene rings is 1. The van der Waals surface area contributed by atoms with Gasteiger partial charge in [0.05, 0.1) is 4.47 Å². The van der Waals surface area contributed by atoms with Crippen molar-refractivity contribution in [3.63, 3.8) is 0 Å². The quantitative estimate of drug-likeness (QED) is 0.828. The lowest BCUT2D eigenvalue weighted by molar-refractivity contribution is -0.137. The fourth-order valence-corrected chi connectivity index (χ4v) is 2.25. The van der Waals surface area contributed by atoms with Crippen LogP contribution in [0.5, 0.6) is 0 Å². The van der Waals surface area contributed by atoms with E-state index in [-0.39, 0.29) is 12.2 Å². The molecular weight excluding hydrogens is 313 g/mol. The molecule has 0 amide bonds. The van der Waals surface area contributed by atoms with Crippen LogP contribution in [0, 0.1) is 5.82 Å². The van der Waals surface area contributed by atoms with E-state index in [0.29, 0.717) is 23.5 Å². The summed E-state index contributed by atoms with van der Waals surface area (Å²) >= 11 is 3.17. The second-order valence-electron chi connectivity index (χ2n) is 4.81. The number of carboxylic acids is 1. The summed E-state index contributed by atoms with van der Waals surface area (Å²) in [5.74, 6) is -1.04. The molecule has 0 aliphatic heterocycles. The number of hydrogen-bond donors (Lipinski definition) is 1. The maximum Gasteiger partial charge on any atom is 0.303 e. The van der Waals surface area contributed by atoms with Crippen molar-refractivity contribution >= 4 is 21.9 Å². The second-order valence-corrected chi connectivity index (χ2v) is 5.66. The summed E-state index contributed by atoms with van der Waals surface area (Å²) < 4.78 is 13.6. The van der Waals surface area contributed by atoms with Gasteiger partial charge in [-0.15, -0.1) is 0 Å². The normalized spacial score (nSPS) is 11.3. The van der Waals surface area contributed by atoms with Crippen LogP contribution in [-0.2, 0) is 11.3 Å². The van der Waals surface area contributed by atoms with Gasteiger partial charge < -0.3 is 5.11 Å². The van der Waals surface area contributed by atoms with Gasteiger partial charge in [-0.3, -0.25) is 9.69 Å². The number of nitrogens with zero attached hydrogens (tertiary/aromatic N) is 1. The molecule has 0 heterocycles. The molecule has 0 aromatic heterocycles. The number of hydrogen-bond acceptors (Lipinski definition) is 2. The van der Waals surface area contributed by atoms with Crippen LogP contribution in [0.1, 0.15) is 32.3 Å². The van der Waals surface area contributed by atoms with E-state index in [4.69, 9.17) is 5.11 Å². The Hall–Kier alpha value is -0.940. The van der Waals surface area contributed by atoms with Crippen molar-refractivity contribution in [2.75, 3.05) is 6.54 Å².